The van der Waals surface area contributed by atoms with Gasteiger partial charge in [0.25, 0.3) is 0 Å². The molecule has 0 aliphatic carbocycles. The molecule has 1 aromatic heterocycles. The zero-order valence-electron chi connectivity index (χ0n) is 11.8. The third-order valence-corrected chi connectivity index (χ3v) is 4.69. The molecule has 20 heavy (non-hydrogen) atoms. The van der Waals surface area contributed by atoms with E-state index in [0.29, 0.717) is 19.6 Å². The molecule has 0 spiro atoms. The molecule has 2 heterocycles. The molecule has 5 nitrogen and oxygen atoms in total. The first-order valence-electron chi connectivity index (χ1n) is 6.85. The topological polar surface area (TPSA) is 60.9 Å². The Labute approximate surface area is 122 Å². The number of thiophene rings is 1. The van der Waals surface area contributed by atoms with Crippen LogP contribution in [-0.2, 0) is 17.8 Å². The van der Waals surface area contributed by atoms with Crippen LogP contribution in [0.15, 0.2) is 11.4 Å². The van der Waals surface area contributed by atoms with Gasteiger partial charge in [-0.15, -0.1) is 11.3 Å². The molecule has 0 bridgehead atoms. The predicted octanol–water partition coefficient (Wildman–Crippen LogP) is 2.41. The van der Waals surface area contributed by atoms with Gasteiger partial charge in [0.05, 0.1) is 6.42 Å². The molecule has 1 aromatic rings. The van der Waals surface area contributed by atoms with Crippen LogP contribution < -0.4 is 0 Å². The van der Waals surface area contributed by atoms with E-state index in [1.54, 1.807) is 23.2 Å². The largest absolute Gasteiger partial charge is 0.481 e. The number of carboxylic acids is 1. The summed E-state index contributed by atoms with van der Waals surface area (Å²) >= 11 is 1.74. The van der Waals surface area contributed by atoms with Gasteiger partial charge < -0.3 is 14.9 Å². The van der Waals surface area contributed by atoms with Crippen LogP contribution in [0.4, 0.5) is 4.79 Å². The van der Waals surface area contributed by atoms with Crippen molar-refractivity contribution in [2.24, 2.45) is 0 Å². The molecular weight excluding hydrogens is 276 g/mol. The number of nitrogens with zero attached hydrogens (tertiary/aromatic N) is 2. The minimum atomic E-state index is -0.873. The number of amides is 2. The zero-order valence-corrected chi connectivity index (χ0v) is 12.7. The van der Waals surface area contributed by atoms with Gasteiger partial charge in [-0.1, -0.05) is 0 Å². The molecule has 1 atom stereocenters. The zero-order chi connectivity index (χ0) is 14.7. The number of carbonyl (C=O) groups excluding carboxylic acids is 1. The van der Waals surface area contributed by atoms with E-state index in [1.807, 2.05) is 11.8 Å². The van der Waals surface area contributed by atoms with Crippen LogP contribution >= 0.6 is 11.3 Å². The summed E-state index contributed by atoms with van der Waals surface area (Å²) in [5.41, 5.74) is 1.22. The molecular formula is C14H20N2O3S. The second-order valence-electron chi connectivity index (χ2n) is 5.06. The van der Waals surface area contributed by atoms with Gasteiger partial charge in [0.1, 0.15) is 0 Å². The Morgan fingerprint density at radius 3 is 2.95 bits per heavy atom. The molecule has 1 aliphatic heterocycles. The Hall–Kier alpha value is -1.56. The lowest BCUT2D eigenvalue weighted by Crippen LogP contribution is -2.49. The third kappa shape index (κ3) is 3.12. The van der Waals surface area contributed by atoms with Crippen molar-refractivity contribution >= 4 is 23.3 Å². The normalized spacial score (nSPS) is 15.6. The number of hydrogen-bond acceptors (Lipinski definition) is 3. The van der Waals surface area contributed by atoms with Crippen LogP contribution in [0.3, 0.4) is 0 Å². The number of rotatable bonds is 4. The van der Waals surface area contributed by atoms with Gasteiger partial charge in [0.15, 0.2) is 0 Å². The summed E-state index contributed by atoms with van der Waals surface area (Å²) in [5.74, 6) is -0.873. The minimum absolute atomic E-state index is 0.0167. The van der Waals surface area contributed by atoms with E-state index in [2.05, 4.69) is 11.4 Å². The van der Waals surface area contributed by atoms with E-state index in [4.69, 9.17) is 5.11 Å². The Balaban J connectivity index is 2.04. The lowest BCUT2D eigenvalue weighted by molar-refractivity contribution is -0.138. The summed E-state index contributed by atoms with van der Waals surface area (Å²) in [5, 5.41) is 10.9. The fraction of sp³-hybridized carbons (Fsp3) is 0.571. The summed E-state index contributed by atoms with van der Waals surface area (Å²) in [7, 11) is 0. The number of hydrogen-bond donors (Lipinski definition) is 1. The molecule has 6 heteroatoms. The molecule has 0 saturated heterocycles. The Bertz CT molecular complexity index is 500. The molecule has 1 unspecified atom stereocenters. The van der Waals surface area contributed by atoms with Gasteiger partial charge in [-0.3, -0.25) is 4.79 Å². The molecule has 2 rings (SSSR count). The molecule has 0 aromatic carbocycles. The lowest BCUT2D eigenvalue weighted by Gasteiger charge is -2.35. The summed E-state index contributed by atoms with van der Waals surface area (Å²) in [6.45, 7) is 5.54. The van der Waals surface area contributed by atoms with E-state index >= 15 is 0 Å². The van der Waals surface area contributed by atoms with Gasteiger partial charge in [0.2, 0.25) is 0 Å². The van der Waals surface area contributed by atoms with E-state index in [9.17, 15) is 9.59 Å². The Kier molecular flexibility index (Phi) is 4.65. The van der Waals surface area contributed by atoms with Gasteiger partial charge in [0, 0.05) is 30.6 Å². The highest BCUT2D eigenvalue weighted by Gasteiger charge is 2.28. The lowest BCUT2D eigenvalue weighted by atomic mass is 10.1. The standard InChI is InChI=1S/C14H20N2O3S/c1-3-16(10(2)8-13(17)18)14(19)15-6-4-12-11(9-15)5-7-20-12/h5,7,10H,3-4,6,8-9H2,1-2H3,(H,17,18). The highest BCUT2D eigenvalue weighted by Crippen LogP contribution is 2.25. The number of fused-ring (bicyclic) bond motifs is 1. The molecule has 0 radical (unpaired) electrons. The quantitative estimate of drug-likeness (QED) is 0.928. The van der Waals surface area contributed by atoms with E-state index in [0.717, 1.165) is 6.42 Å². The highest BCUT2D eigenvalue weighted by molar-refractivity contribution is 7.10. The Morgan fingerprint density at radius 1 is 1.55 bits per heavy atom. The smallest absolute Gasteiger partial charge is 0.320 e. The van der Waals surface area contributed by atoms with Crippen molar-refractivity contribution in [3.8, 4) is 0 Å². The first kappa shape index (κ1) is 14.8. The second-order valence-corrected chi connectivity index (χ2v) is 6.06. The van der Waals surface area contributed by atoms with Crippen LogP contribution in [0.2, 0.25) is 0 Å². The van der Waals surface area contributed by atoms with Crippen LogP contribution in [0, 0.1) is 0 Å². The first-order valence-corrected chi connectivity index (χ1v) is 7.73. The molecule has 2 amide bonds. The average Bonchev–Trinajstić information content (AvgIpc) is 2.85. The van der Waals surface area contributed by atoms with Crippen molar-refractivity contribution in [1.82, 2.24) is 9.80 Å². The molecule has 0 fully saturated rings. The van der Waals surface area contributed by atoms with Crippen LogP contribution in [0.5, 0.6) is 0 Å². The fourth-order valence-corrected chi connectivity index (χ4v) is 3.48. The van der Waals surface area contributed by atoms with Crippen LogP contribution in [-0.4, -0.2) is 46.0 Å². The fourth-order valence-electron chi connectivity index (χ4n) is 2.59. The van der Waals surface area contributed by atoms with Crippen LogP contribution in [0.25, 0.3) is 0 Å². The highest BCUT2D eigenvalue weighted by atomic mass is 32.1. The van der Waals surface area contributed by atoms with Gasteiger partial charge in [-0.25, -0.2) is 4.79 Å². The summed E-state index contributed by atoms with van der Waals surface area (Å²) in [6, 6.07) is 1.73. The Morgan fingerprint density at radius 2 is 2.30 bits per heavy atom. The van der Waals surface area contributed by atoms with E-state index in [1.165, 1.54) is 10.4 Å². The van der Waals surface area contributed by atoms with Crippen molar-refractivity contribution in [2.45, 2.75) is 39.3 Å². The van der Waals surface area contributed by atoms with Crippen molar-refractivity contribution < 1.29 is 14.7 Å². The molecule has 0 saturated carbocycles. The van der Waals surface area contributed by atoms with Crippen LogP contribution in [0.1, 0.15) is 30.7 Å². The number of urea groups is 1. The van der Waals surface area contributed by atoms with E-state index in [-0.39, 0.29) is 18.5 Å². The van der Waals surface area contributed by atoms with Gasteiger partial charge in [-0.2, -0.15) is 0 Å². The van der Waals surface area contributed by atoms with E-state index < -0.39 is 5.97 Å². The maximum absolute atomic E-state index is 12.5. The van der Waals surface area contributed by atoms with Crippen molar-refractivity contribution in [2.75, 3.05) is 13.1 Å². The minimum Gasteiger partial charge on any atom is -0.481 e. The van der Waals surface area contributed by atoms with Crippen molar-refractivity contribution in [1.29, 1.82) is 0 Å². The molecule has 110 valence electrons. The average molecular weight is 296 g/mol. The van der Waals surface area contributed by atoms with Crippen molar-refractivity contribution in [3.63, 3.8) is 0 Å². The maximum Gasteiger partial charge on any atom is 0.320 e. The SMILES string of the molecule is CCN(C(=O)N1CCc2sccc2C1)C(C)CC(=O)O. The predicted molar refractivity (Wildman–Crippen MR) is 77.9 cm³/mol. The summed E-state index contributed by atoms with van der Waals surface area (Å²) in [6.07, 6.45) is 0.876. The van der Waals surface area contributed by atoms with Crippen molar-refractivity contribution in [3.05, 3.63) is 21.9 Å². The van der Waals surface area contributed by atoms with Gasteiger partial charge in [-0.05, 0) is 37.3 Å². The summed E-state index contributed by atoms with van der Waals surface area (Å²) < 4.78 is 0. The third-order valence-electron chi connectivity index (χ3n) is 3.67. The number of carboxylic acid groups (broad SMARTS) is 1. The number of carbonyl (C=O) groups is 2. The second kappa shape index (κ2) is 6.26. The molecule has 1 aliphatic rings. The maximum atomic E-state index is 12.5. The monoisotopic (exact) mass is 296 g/mol. The summed E-state index contributed by atoms with van der Waals surface area (Å²) in [4.78, 5) is 28.2. The van der Waals surface area contributed by atoms with Gasteiger partial charge >= 0.3 is 12.0 Å². The molecule has 1 N–H and O–H groups in total. The first-order chi connectivity index (χ1) is 9.52. The number of aliphatic carboxylic acids is 1.